The van der Waals surface area contributed by atoms with Gasteiger partial charge >= 0.3 is 0 Å². The van der Waals surface area contributed by atoms with Crippen molar-refractivity contribution in [3.05, 3.63) is 48.0 Å². The first-order valence-corrected chi connectivity index (χ1v) is 6.01. The molecular formula is C15H18N. The van der Waals surface area contributed by atoms with Gasteiger partial charge < -0.3 is 0 Å². The maximum Gasteiger partial charge on any atom is 0.0462 e. The average molecular weight is 212 g/mol. The van der Waals surface area contributed by atoms with Crippen LogP contribution in [0.5, 0.6) is 0 Å². The summed E-state index contributed by atoms with van der Waals surface area (Å²) in [4.78, 5) is 0. The molecule has 0 bridgehead atoms. The van der Waals surface area contributed by atoms with E-state index in [1.807, 2.05) is 0 Å². The van der Waals surface area contributed by atoms with Crippen molar-refractivity contribution >= 4 is 10.8 Å². The third kappa shape index (κ3) is 2.42. The molecule has 0 spiro atoms. The Hall–Kier alpha value is -1.34. The fraction of sp³-hybridized carbons (Fsp3) is 0.333. The lowest BCUT2D eigenvalue weighted by Gasteiger charge is -2.11. The zero-order valence-electron chi connectivity index (χ0n) is 9.74. The molecule has 1 heteroatoms. The van der Waals surface area contributed by atoms with Crippen molar-refractivity contribution in [3.8, 4) is 0 Å². The summed E-state index contributed by atoms with van der Waals surface area (Å²) in [5.41, 5.74) is 9.24. The second kappa shape index (κ2) is 5.13. The summed E-state index contributed by atoms with van der Waals surface area (Å²) >= 11 is 0. The Morgan fingerprint density at radius 1 is 1.06 bits per heavy atom. The van der Waals surface area contributed by atoms with Crippen LogP contribution in [0.1, 0.15) is 37.8 Å². The summed E-state index contributed by atoms with van der Waals surface area (Å²) in [6, 6.07) is 14.6. The molecule has 0 aliphatic carbocycles. The van der Waals surface area contributed by atoms with Gasteiger partial charge in [0, 0.05) is 6.04 Å². The Balaban J connectivity index is 2.25. The monoisotopic (exact) mass is 212 g/mol. The van der Waals surface area contributed by atoms with Gasteiger partial charge in [0.25, 0.3) is 0 Å². The van der Waals surface area contributed by atoms with Crippen molar-refractivity contribution in [3.63, 3.8) is 0 Å². The second-order valence-electron chi connectivity index (χ2n) is 4.30. The van der Waals surface area contributed by atoms with Crippen LogP contribution in [0.25, 0.3) is 10.8 Å². The van der Waals surface area contributed by atoms with Gasteiger partial charge in [0.15, 0.2) is 0 Å². The van der Waals surface area contributed by atoms with Crippen molar-refractivity contribution in [2.45, 2.75) is 32.2 Å². The van der Waals surface area contributed by atoms with Crippen LogP contribution in [0, 0.1) is 0 Å². The number of benzene rings is 2. The van der Waals surface area contributed by atoms with E-state index in [-0.39, 0.29) is 6.04 Å². The molecule has 0 saturated carbocycles. The minimum Gasteiger partial charge on any atom is -0.250 e. The third-order valence-corrected chi connectivity index (χ3v) is 3.02. The highest BCUT2D eigenvalue weighted by Gasteiger charge is 2.06. The molecule has 2 aromatic rings. The van der Waals surface area contributed by atoms with Crippen LogP contribution in [0.2, 0.25) is 0 Å². The fourth-order valence-corrected chi connectivity index (χ4v) is 2.00. The van der Waals surface area contributed by atoms with E-state index in [9.17, 15) is 0 Å². The zero-order chi connectivity index (χ0) is 11.4. The minimum atomic E-state index is -0.0652. The molecule has 1 nitrogen and oxygen atoms in total. The summed E-state index contributed by atoms with van der Waals surface area (Å²) < 4.78 is 0. The highest BCUT2D eigenvalue weighted by molar-refractivity contribution is 5.83. The standard InChI is InChI=1S/C15H18N/c1-2-3-8-15(16)14-10-9-12-6-4-5-7-13(12)11-14/h4-7,9-11,15-16H,2-3,8H2,1H3. The smallest absolute Gasteiger partial charge is 0.0462 e. The van der Waals surface area contributed by atoms with E-state index in [0.29, 0.717) is 0 Å². The van der Waals surface area contributed by atoms with Crippen LogP contribution in [-0.4, -0.2) is 0 Å². The van der Waals surface area contributed by atoms with Gasteiger partial charge in [-0.2, -0.15) is 0 Å². The summed E-state index contributed by atoms with van der Waals surface area (Å²) in [6.07, 6.45) is 3.28. The van der Waals surface area contributed by atoms with Crippen LogP contribution in [-0.2, 0) is 0 Å². The van der Waals surface area contributed by atoms with Crippen molar-refractivity contribution < 1.29 is 0 Å². The molecule has 1 unspecified atom stereocenters. The molecule has 1 radical (unpaired) electrons. The predicted octanol–water partition coefficient (Wildman–Crippen LogP) is 4.35. The lowest BCUT2D eigenvalue weighted by Crippen LogP contribution is -1.99. The maximum atomic E-state index is 8.09. The van der Waals surface area contributed by atoms with Crippen LogP contribution in [0.4, 0.5) is 0 Å². The SMILES string of the molecule is CCCCC([NH])c1ccc2ccccc2c1. The highest BCUT2D eigenvalue weighted by Crippen LogP contribution is 2.23. The van der Waals surface area contributed by atoms with Crippen molar-refractivity contribution in [2.75, 3.05) is 0 Å². The van der Waals surface area contributed by atoms with E-state index >= 15 is 0 Å². The molecule has 0 aromatic heterocycles. The van der Waals surface area contributed by atoms with E-state index < -0.39 is 0 Å². The van der Waals surface area contributed by atoms with E-state index in [4.69, 9.17) is 5.73 Å². The first kappa shape index (κ1) is 11.2. The number of unbranched alkanes of at least 4 members (excludes halogenated alkanes) is 1. The average Bonchev–Trinajstić information content (AvgIpc) is 2.35. The van der Waals surface area contributed by atoms with Gasteiger partial charge in [-0.05, 0) is 28.8 Å². The van der Waals surface area contributed by atoms with Gasteiger partial charge in [0.1, 0.15) is 0 Å². The Morgan fingerprint density at radius 3 is 2.56 bits per heavy atom. The van der Waals surface area contributed by atoms with Crippen LogP contribution < -0.4 is 5.73 Å². The van der Waals surface area contributed by atoms with Gasteiger partial charge in [-0.25, -0.2) is 5.73 Å². The van der Waals surface area contributed by atoms with Gasteiger partial charge in [0.05, 0.1) is 0 Å². The third-order valence-electron chi connectivity index (χ3n) is 3.02. The Labute approximate surface area is 97.3 Å². The quantitative estimate of drug-likeness (QED) is 0.719. The Morgan fingerprint density at radius 2 is 1.81 bits per heavy atom. The van der Waals surface area contributed by atoms with E-state index in [0.717, 1.165) is 18.4 Å². The first-order valence-electron chi connectivity index (χ1n) is 6.01. The molecule has 0 aliphatic heterocycles. The molecule has 0 heterocycles. The molecule has 0 saturated heterocycles. The lowest BCUT2D eigenvalue weighted by atomic mass is 9.99. The van der Waals surface area contributed by atoms with E-state index in [1.165, 1.54) is 17.2 Å². The molecule has 1 atom stereocenters. The second-order valence-corrected chi connectivity index (χ2v) is 4.30. The number of hydrogen-bond donors (Lipinski definition) is 0. The number of nitrogens with one attached hydrogen (secondary N) is 1. The maximum absolute atomic E-state index is 8.09. The largest absolute Gasteiger partial charge is 0.250 e. The van der Waals surface area contributed by atoms with Crippen LogP contribution in [0.3, 0.4) is 0 Å². The highest BCUT2D eigenvalue weighted by atomic mass is 14.6. The van der Waals surface area contributed by atoms with Crippen LogP contribution >= 0.6 is 0 Å². The molecule has 0 amide bonds. The molecule has 0 fully saturated rings. The molecular weight excluding hydrogens is 194 g/mol. The Bertz CT molecular complexity index is 462. The molecule has 1 N–H and O–H groups in total. The van der Waals surface area contributed by atoms with Crippen LogP contribution in [0.15, 0.2) is 42.5 Å². The lowest BCUT2D eigenvalue weighted by molar-refractivity contribution is 0.590. The molecule has 2 aromatic carbocycles. The minimum absolute atomic E-state index is 0.0652. The van der Waals surface area contributed by atoms with Crippen molar-refractivity contribution in [2.24, 2.45) is 0 Å². The topological polar surface area (TPSA) is 23.8 Å². The number of hydrogen-bond acceptors (Lipinski definition) is 0. The predicted molar refractivity (Wildman–Crippen MR) is 69.3 cm³/mol. The molecule has 0 aliphatic rings. The summed E-state index contributed by atoms with van der Waals surface area (Å²) in [5, 5.41) is 2.50. The van der Waals surface area contributed by atoms with E-state index in [1.54, 1.807) is 0 Å². The van der Waals surface area contributed by atoms with Gasteiger partial charge in [-0.15, -0.1) is 0 Å². The van der Waals surface area contributed by atoms with Crippen molar-refractivity contribution in [1.29, 1.82) is 0 Å². The van der Waals surface area contributed by atoms with Crippen molar-refractivity contribution in [1.82, 2.24) is 5.73 Å². The number of rotatable bonds is 4. The summed E-state index contributed by atoms with van der Waals surface area (Å²) in [7, 11) is 0. The van der Waals surface area contributed by atoms with Gasteiger partial charge in [-0.1, -0.05) is 56.2 Å². The Kier molecular flexibility index (Phi) is 3.58. The molecule has 16 heavy (non-hydrogen) atoms. The van der Waals surface area contributed by atoms with Gasteiger partial charge in [-0.3, -0.25) is 0 Å². The fourth-order valence-electron chi connectivity index (χ4n) is 2.00. The zero-order valence-corrected chi connectivity index (χ0v) is 9.74. The van der Waals surface area contributed by atoms with Gasteiger partial charge in [0.2, 0.25) is 0 Å². The number of fused-ring (bicyclic) bond motifs is 1. The normalized spacial score (nSPS) is 12.9. The summed E-state index contributed by atoms with van der Waals surface area (Å²) in [6.45, 7) is 2.17. The first-order chi connectivity index (χ1) is 7.81. The molecule has 83 valence electrons. The molecule has 2 rings (SSSR count). The summed E-state index contributed by atoms with van der Waals surface area (Å²) in [5.74, 6) is 0. The van der Waals surface area contributed by atoms with E-state index in [2.05, 4.69) is 49.4 Å².